The van der Waals surface area contributed by atoms with E-state index in [1.54, 1.807) is 35.0 Å². The standard InChI is InChI=1S/C33H29FN4O2/c1-23(2)37(33(40)27-15-13-25(14-16-27)24-9-5-3-6-10-24)22-32(39)35-31-21-30(26-11-7-4-8-12-26)36-38(31)29-19-17-28(34)18-20-29/h3-21,23H,22H2,1-2H3,(H,35,39). The Balaban J connectivity index is 1.36. The lowest BCUT2D eigenvalue weighted by atomic mass is 10.0. The Hall–Kier alpha value is -5.04. The molecule has 0 saturated carbocycles. The van der Waals surface area contributed by atoms with Crippen LogP contribution in [-0.4, -0.2) is 39.1 Å². The van der Waals surface area contributed by atoms with Crippen molar-refractivity contribution in [3.8, 4) is 28.1 Å². The second-order valence-electron chi connectivity index (χ2n) is 9.69. The zero-order valence-corrected chi connectivity index (χ0v) is 22.3. The molecule has 5 rings (SSSR count). The molecule has 0 unspecified atom stereocenters. The van der Waals surface area contributed by atoms with Gasteiger partial charge in [0, 0.05) is 23.2 Å². The van der Waals surface area contributed by atoms with Gasteiger partial charge in [-0.3, -0.25) is 9.59 Å². The number of hydrogen-bond donors (Lipinski definition) is 1. The van der Waals surface area contributed by atoms with E-state index >= 15 is 0 Å². The summed E-state index contributed by atoms with van der Waals surface area (Å²) in [6.45, 7) is 3.60. The topological polar surface area (TPSA) is 67.2 Å². The molecule has 0 aliphatic carbocycles. The maximum absolute atomic E-state index is 13.6. The van der Waals surface area contributed by atoms with Gasteiger partial charge in [-0.05, 0) is 61.4 Å². The van der Waals surface area contributed by atoms with Crippen molar-refractivity contribution in [3.05, 3.63) is 127 Å². The molecule has 0 spiro atoms. The zero-order valence-electron chi connectivity index (χ0n) is 22.3. The molecule has 1 aromatic heterocycles. The molecular weight excluding hydrogens is 503 g/mol. The number of amides is 2. The second kappa shape index (κ2) is 11.8. The summed E-state index contributed by atoms with van der Waals surface area (Å²) in [6.07, 6.45) is 0. The number of anilines is 1. The van der Waals surface area contributed by atoms with Crippen molar-refractivity contribution < 1.29 is 14.0 Å². The van der Waals surface area contributed by atoms with Crippen molar-refractivity contribution in [2.45, 2.75) is 19.9 Å². The Morgan fingerprint density at radius 3 is 1.98 bits per heavy atom. The summed E-state index contributed by atoms with van der Waals surface area (Å²) >= 11 is 0. The molecule has 4 aromatic carbocycles. The van der Waals surface area contributed by atoms with Gasteiger partial charge in [-0.1, -0.05) is 72.8 Å². The van der Waals surface area contributed by atoms with Crippen LogP contribution in [0.4, 0.5) is 10.2 Å². The highest BCUT2D eigenvalue weighted by atomic mass is 19.1. The first kappa shape index (κ1) is 26.6. The van der Waals surface area contributed by atoms with Gasteiger partial charge in [0.1, 0.15) is 18.2 Å². The summed E-state index contributed by atoms with van der Waals surface area (Å²) in [5.74, 6) is -0.556. The molecule has 0 aliphatic heterocycles. The minimum absolute atomic E-state index is 0.147. The fourth-order valence-electron chi connectivity index (χ4n) is 4.43. The van der Waals surface area contributed by atoms with Crippen molar-refractivity contribution in [2.24, 2.45) is 0 Å². The van der Waals surface area contributed by atoms with E-state index in [2.05, 4.69) is 10.4 Å². The lowest BCUT2D eigenvalue weighted by Crippen LogP contribution is -2.42. The minimum Gasteiger partial charge on any atom is -0.327 e. The van der Waals surface area contributed by atoms with Crippen LogP contribution in [0.15, 0.2) is 115 Å². The lowest BCUT2D eigenvalue weighted by Gasteiger charge is -2.26. The molecule has 0 fully saturated rings. The van der Waals surface area contributed by atoms with Gasteiger partial charge < -0.3 is 10.2 Å². The van der Waals surface area contributed by atoms with Crippen LogP contribution in [-0.2, 0) is 4.79 Å². The monoisotopic (exact) mass is 532 g/mol. The van der Waals surface area contributed by atoms with E-state index in [9.17, 15) is 14.0 Å². The predicted octanol–water partition coefficient (Wildman–Crippen LogP) is 6.83. The molecule has 2 amide bonds. The number of nitrogens with one attached hydrogen (secondary N) is 1. The van der Waals surface area contributed by atoms with E-state index in [0.717, 1.165) is 16.7 Å². The molecule has 0 aliphatic rings. The van der Waals surface area contributed by atoms with Crippen LogP contribution in [0.5, 0.6) is 0 Å². The van der Waals surface area contributed by atoms with Crippen molar-refractivity contribution >= 4 is 17.6 Å². The summed E-state index contributed by atoms with van der Waals surface area (Å²) in [5.41, 5.74) is 4.69. The maximum Gasteiger partial charge on any atom is 0.254 e. The summed E-state index contributed by atoms with van der Waals surface area (Å²) in [5, 5.41) is 7.57. The average molecular weight is 533 g/mol. The molecule has 40 heavy (non-hydrogen) atoms. The van der Waals surface area contributed by atoms with Crippen LogP contribution < -0.4 is 5.32 Å². The van der Waals surface area contributed by atoms with Gasteiger partial charge in [-0.2, -0.15) is 5.10 Å². The smallest absolute Gasteiger partial charge is 0.254 e. The predicted molar refractivity (Wildman–Crippen MR) is 156 cm³/mol. The lowest BCUT2D eigenvalue weighted by molar-refractivity contribution is -0.117. The Labute approximate surface area is 232 Å². The summed E-state index contributed by atoms with van der Waals surface area (Å²) in [7, 11) is 0. The number of rotatable bonds is 8. The van der Waals surface area contributed by atoms with Gasteiger partial charge in [-0.15, -0.1) is 0 Å². The van der Waals surface area contributed by atoms with E-state index in [1.165, 1.54) is 17.0 Å². The quantitative estimate of drug-likeness (QED) is 0.238. The summed E-state index contributed by atoms with van der Waals surface area (Å²) < 4.78 is 15.1. The van der Waals surface area contributed by atoms with Crippen LogP contribution in [0, 0.1) is 5.82 Å². The van der Waals surface area contributed by atoms with E-state index in [1.807, 2.05) is 86.6 Å². The van der Waals surface area contributed by atoms with Crippen LogP contribution >= 0.6 is 0 Å². The van der Waals surface area contributed by atoms with Crippen molar-refractivity contribution in [1.29, 1.82) is 0 Å². The molecule has 5 aromatic rings. The summed E-state index contributed by atoms with van der Waals surface area (Å²) in [4.78, 5) is 28.2. The van der Waals surface area contributed by atoms with E-state index in [0.29, 0.717) is 22.8 Å². The molecule has 0 bridgehead atoms. The third kappa shape index (κ3) is 5.99. The Morgan fingerprint density at radius 1 is 0.800 bits per heavy atom. The van der Waals surface area contributed by atoms with Gasteiger partial charge in [0.15, 0.2) is 0 Å². The SMILES string of the molecule is CC(C)N(CC(=O)Nc1cc(-c2ccccc2)nn1-c1ccc(F)cc1)C(=O)c1ccc(-c2ccccc2)cc1. The number of carbonyl (C=O) groups excluding carboxylic acids is 2. The average Bonchev–Trinajstić information content (AvgIpc) is 3.40. The van der Waals surface area contributed by atoms with Crippen LogP contribution in [0.2, 0.25) is 0 Å². The third-order valence-electron chi connectivity index (χ3n) is 6.55. The molecule has 0 atom stereocenters. The zero-order chi connectivity index (χ0) is 28.1. The van der Waals surface area contributed by atoms with Crippen molar-refractivity contribution in [2.75, 3.05) is 11.9 Å². The molecular formula is C33H29FN4O2. The first-order chi connectivity index (χ1) is 19.4. The first-order valence-corrected chi connectivity index (χ1v) is 13.1. The Morgan fingerprint density at radius 2 is 1.38 bits per heavy atom. The molecule has 1 heterocycles. The molecule has 200 valence electrons. The highest BCUT2D eigenvalue weighted by Crippen LogP contribution is 2.25. The molecule has 0 saturated heterocycles. The number of hydrogen-bond acceptors (Lipinski definition) is 3. The maximum atomic E-state index is 13.6. The Bertz CT molecular complexity index is 1600. The fraction of sp³-hybridized carbons (Fsp3) is 0.121. The highest BCUT2D eigenvalue weighted by Gasteiger charge is 2.23. The molecule has 1 N–H and O–H groups in total. The normalized spacial score (nSPS) is 10.9. The second-order valence-corrected chi connectivity index (χ2v) is 9.69. The third-order valence-corrected chi connectivity index (χ3v) is 6.55. The molecule has 6 nitrogen and oxygen atoms in total. The molecule has 0 radical (unpaired) electrons. The number of carbonyl (C=O) groups is 2. The van der Waals surface area contributed by atoms with Crippen LogP contribution in [0.1, 0.15) is 24.2 Å². The highest BCUT2D eigenvalue weighted by molar-refractivity contribution is 5.99. The van der Waals surface area contributed by atoms with Gasteiger partial charge in [0.2, 0.25) is 5.91 Å². The van der Waals surface area contributed by atoms with Gasteiger partial charge in [-0.25, -0.2) is 9.07 Å². The van der Waals surface area contributed by atoms with Gasteiger partial charge in [0.25, 0.3) is 5.91 Å². The number of nitrogens with zero attached hydrogens (tertiary/aromatic N) is 3. The minimum atomic E-state index is -0.370. The number of benzene rings is 4. The Kier molecular flexibility index (Phi) is 7.82. The summed E-state index contributed by atoms with van der Waals surface area (Å²) in [6, 6.07) is 34.3. The number of halogens is 1. The van der Waals surface area contributed by atoms with E-state index in [4.69, 9.17) is 0 Å². The van der Waals surface area contributed by atoms with Crippen molar-refractivity contribution in [3.63, 3.8) is 0 Å². The largest absolute Gasteiger partial charge is 0.327 e. The van der Waals surface area contributed by atoms with E-state index < -0.39 is 0 Å². The number of aromatic nitrogens is 2. The van der Waals surface area contributed by atoms with Crippen LogP contribution in [0.3, 0.4) is 0 Å². The van der Waals surface area contributed by atoms with E-state index in [-0.39, 0.29) is 30.2 Å². The molecule has 7 heteroatoms. The van der Waals surface area contributed by atoms with Gasteiger partial charge >= 0.3 is 0 Å². The fourth-order valence-corrected chi connectivity index (χ4v) is 4.43. The van der Waals surface area contributed by atoms with Gasteiger partial charge in [0.05, 0.1) is 11.4 Å². The first-order valence-electron chi connectivity index (χ1n) is 13.1. The van der Waals surface area contributed by atoms with Crippen molar-refractivity contribution in [1.82, 2.24) is 14.7 Å². The van der Waals surface area contributed by atoms with Crippen LogP contribution in [0.25, 0.3) is 28.1 Å².